The first-order chi connectivity index (χ1) is 16.0. The SMILES string of the molecule is Cc1ccc(C2/C(=C(\O)c3ccc4c(c3)OCCO4)C(=O)C(=O)N2Cc2ccncc2)cc1. The van der Waals surface area contributed by atoms with Gasteiger partial charge in [-0.1, -0.05) is 29.8 Å². The van der Waals surface area contributed by atoms with Gasteiger partial charge in [-0.2, -0.15) is 0 Å². The maximum absolute atomic E-state index is 13.2. The standard InChI is InChI=1S/C26H22N2O5/c1-16-2-4-18(5-3-16)23-22(24(29)19-6-7-20-21(14-19)33-13-12-32-20)25(30)26(31)28(23)15-17-8-10-27-11-9-17/h2-11,14,23,29H,12-13,15H2,1H3/b24-22+. The first-order valence-electron chi connectivity index (χ1n) is 10.7. The lowest BCUT2D eigenvalue weighted by Gasteiger charge is -2.25. The molecule has 2 aromatic carbocycles. The first-order valence-corrected chi connectivity index (χ1v) is 10.7. The maximum Gasteiger partial charge on any atom is 0.295 e. The largest absolute Gasteiger partial charge is 0.507 e. The Hall–Kier alpha value is -4.13. The smallest absolute Gasteiger partial charge is 0.295 e. The van der Waals surface area contributed by atoms with Gasteiger partial charge in [0.15, 0.2) is 11.5 Å². The molecule has 7 nitrogen and oxygen atoms in total. The summed E-state index contributed by atoms with van der Waals surface area (Å²) in [6, 6.07) is 15.4. The van der Waals surface area contributed by atoms with Gasteiger partial charge in [-0.05, 0) is 48.4 Å². The van der Waals surface area contributed by atoms with Gasteiger partial charge in [0.05, 0.1) is 11.6 Å². The van der Waals surface area contributed by atoms with Crippen LogP contribution < -0.4 is 9.47 Å². The number of aliphatic hydroxyl groups is 1. The monoisotopic (exact) mass is 442 g/mol. The van der Waals surface area contributed by atoms with Crippen molar-refractivity contribution in [1.29, 1.82) is 0 Å². The first kappa shape index (κ1) is 20.8. The molecule has 0 saturated carbocycles. The average Bonchev–Trinajstić information content (AvgIpc) is 3.09. The summed E-state index contributed by atoms with van der Waals surface area (Å²) in [6.45, 7) is 3.03. The van der Waals surface area contributed by atoms with Crippen LogP contribution in [-0.4, -0.2) is 39.9 Å². The van der Waals surface area contributed by atoms with Crippen LogP contribution in [0.2, 0.25) is 0 Å². The van der Waals surface area contributed by atoms with Crippen molar-refractivity contribution in [3.8, 4) is 11.5 Å². The molecule has 7 heteroatoms. The minimum atomic E-state index is -0.730. The summed E-state index contributed by atoms with van der Waals surface area (Å²) >= 11 is 0. The van der Waals surface area contributed by atoms with Gasteiger partial charge in [-0.25, -0.2) is 0 Å². The Morgan fingerprint density at radius 2 is 1.70 bits per heavy atom. The molecule has 3 aromatic rings. The molecule has 3 heterocycles. The number of Topliss-reactive ketones (excluding diaryl/α,β-unsaturated/α-hetero) is 1. The summed E-state index contributed by atoms with van der Waals surface area (Å²) in [5.41, 5.74) is 3.07. The van der Waals surface area contributed by atoms with Crippen molar-refractivity contribution in [3.05, 3.63) is 94.8 Å². The summed E-state index contributed by atoms with van der Waals surface area (Å²) in [7, 11) is 0. The third-order valence-corrected chi connectivity index (χ3v) is 5.85. The van der Waals surface area contributed by atoms with Crippen molar-refractivity contribution in [2.45, 2.75) is 19.5 Å². The van der Waals surface area contributed by atoms with E-state index in [0.717, 1.165) is 16.7 Å². The second-order valence-corrected chi connectivity index (χ2v) is 8.05. The molecular formula is C26H22N2O5. The molecule has 1 fully saturated rings. The van der Waals surface area contributed by atoms with Crippen LogP contribution in [0.3, 0.4) is 0 Å². The number of aromatic nitrogens is 1. The lowest BCUT2D eigenvalue weighted by Crippen LogP contribution is -2.29. The number of carbonyl (C=O) groups excluding carboxylic acids is 2. The molecule has 1 amide bonds. The van der Waals surface area contributed by atoms with Crippen LogP contribution in [0.15, 0.2) is 72.6 Å². The number of aliphatic hydroxyl groups excluding tert-OH is 1. The van der Waals surface area contributed by atoms with E-state index in [9.17, 15) is 14.7 Å². The van der Waals surface area contributed by atoms with Crippen molar-refractivity contribution in [2.75, 3.05) is 13.2 Å². The zero-order valence-electron chi connectivity index (χ0n) is 18.0. The third-order valence-electron chi connectivity index (χ3n) is 5.85. The molecule has 1 unspecified atom stereocenters. The molecule has 1 saturated heterocycles. The number of benzene rings is 2. The van der Waals surface area contributed by atoms with Crippen molar-refractivity contribution >= 4 is 17.4 Å². The molecular weight excluding hydrogens is 420 g/mol. The van der Waals surface area contributed by atoms with Gasteiger partial charge in [0, 0.05) is 24.5 Å². The van der Waals surface area contributed by atoms with E-state index in [1.54, 1.807) is 42.7 Å². The molecule has 0 spiro atoms. The zero-order chi connectivity index (χ0) is 22.9. The number of rotatable bonds is 4. The number of amides is 1. The normalized spacial score (nSPS) is 19.1. The van der Waals surface area contributed by atoms with Crippen LogP contribution in [-0.2, 0) is 16.1 Å². The van der Waals surface area contributed by atoms with Crippen molar-refractivity contribution in [2.24, 2.45) is 0 Å². The highest BCUT2D eigenvalue weighted by Gasteiger charge is 2.46. The maximum atomic E-state index is 13.2. The van der Waals surface area contributed by atoms with Gasteiger partial charge in [0.2, 0.25) is 0 Å². The van der Waals surface area contributed by atoms with Crippen LogP contribution in [0.1, 0.15) is 28.3 Å². The molecule has 0 radical (unpaired) electrons. The van der Waals surface area contributed by atoms with E-state index in [-0.39, 0.29) is 17.9 Å². The summed E-state index contributed by atoms with van der Waals surface area (Å²) in [6.07, 6.45) is 3.28. The molecule has 1 N–H and O–H groups in total. The average molecular weight is 442 g/mol. The molecule has 5 rings (SSSR count). The number of ether oxygens (including phenoxy) is 2. The number of fused-ring (bicyclic) bond motifs is 1. The van der Waals surface area contributed by atoms with Gasteiger partial charge >= 0.3 is 0 Å². The van der Waals surface area contributed by atoms with E-state index in [4.69, 9.17) is 9.47 Å². The highest BCUT2D eigenvalue weighted by Crippen LogP contribution is 2.41. The van der Waals surface area contributed by atoms with E-state index in [2.05, 4.69) is 4.98 Å². The van der Waals surface area contributed by atoms with Crippen LogP contribution in [0.25, 0.3) is 5.76 Å². The number of ketones is 1. The van der Waals surface area contributed by atoms with E-state index in [1.807, 2.05) is 31.2 Å². The van der Waals surface area contributed by atoms with Crippen LogP contribution in [0.5, 0.6) is 11.5 Å². The highest BCUT2D eigenvalue weighted by atomic mass is 16.6. The van der Waals surface area contributed by atoms with Crippen LogP contribution in [0, 0.1) is 6.92 Å². The Bertz CT molecular complexity index is 1250. The minimum absolute atomic E-state index is 0.0505. The number of pyridine rings is 1. The Morgan fingerprint density at radius 1 is 1.00 bits per heavy atom. The molecule has 166 valence electrons. The van der Waals surface area contributed by atoms with Crippen molar-refractivity contribution in [3.63, 3.8) is 0 Å². The molecule has 1 aromatic heterocycles. The molecule has 1 atom stereocenters. The lowest BCUT2D eigenvalue weighted by molar-refractivity contribution is -0.140. The fourth-order valence-corrected chi connectivity index (χ4v) is 4.17. The van der Waals surface area contributed by atoms with Crippen LogP contribution in [0.4, 0.5) is 0 Å². The van der Waals surface area contributed by atoms with Gasteiger partial charge in [0.1, 0.15) is 19.0 Å². The van der Waals surface area contributed by atoms with E-state index >= 15 is 0 Å². The van der Waals surface area contributed by atoms with E-state index in [0.29, 0.717) is 30.3 Å². The van der Waals surface area contributed by atoms with E-state index in [1.165, 1.54) is 4.90 Å². The Balaban J connectivity index is 1.63. The number of aryl methyl sites for hydroxylation is 1. The number of nitrogens with zero attached hydrogens (tertiary/aromatic N) is 2. The Morgan fingerprint density at radius 3 is 2.42 bits per heavy atom. The summed E-state index contributed by atoms with van der Waals surface area (Å²) in [5.74, 6) is -0.555. The Kier molecular flexibility index (Phi) is 5.30. The topological polar surface area (TPSA) is 89.0 Å². The second-order valence-electron chi connectivity index (χ2n) is 8.05. The van der Waals surface area contributed by atoms with Gasteiger partial charge in [-0.15, -0.1) is 0 Å². The third kappa shape index (κ3) is 3.82. The van der Waals surface area contributed by atoms with Gasteiger partial charge < -0.3 is 19.5 Å². The van der Waals surface area contributed by atoms with Gasteiger partial charge in [0.25, 0.3) is 11.7 Å². The van der Waals surface area contributed by atoms with Crippen molar-refractivity contribution < 1.29 is 24.2 Å². The van der Waals surface area contributed by atoms with Crippen LogP contribution >= 0.6 is 0 Å². The Labute approximate surface area is 190 Å². The molecule has 2 aliphatic heterocycles. The summed E-state index contributed by atoms with van der Waals surface area (Å²) in [5, 5.41) is 11.3. The number of hydrogen-bond donors (Lipinski definition) is 1. The molecule has 0 aliphatic carbocycles. The summed E-state index contributed by atoms with van der Waals surface area (Å²) in [4.78, 5) is 31.8. The quantitative estimate of drug-likeness (QED) is 0.376. The zero-order valence-corrected chi connectivity index (χ0v) is 18.0. The predicted molar refractivity (Wildman–Crippen MR) is 121 cm³/mol. The number of hydrogen-bond acceptors (Lipinski definition) is 6. The lowest BCUT2D eigenvalue weighted by atomic mass is 9.94. The number of likely N-dealkylation sites (tertiary alicyclic amines) is 1. The molecule has 0 bridgehead atoms. The molecule has 2 aliphatic rings. The molecule has 33 heavy (non-hydrogen) atoms. The predicted octanol–water partition coefficient (Wildman–Crippen LogP) is 3.78. The van der Waals surface area contributed by atoms with Crippen molar-refractivity contribution in [1.82, 2.24) is 9.88 Å². The summed E-state index contributed by atoms with van der Waals surface area (Å²) < 4.78 is 11.2. The fourth-order valence-electron chi connectivity index (χ4n) is 4.17. The number of carbonyl (C=O) groups is 2. The van der Waals surface area contributed by atoms with Gasteiger partial charge in [-0.3, -0.25) is 14.6 Å². The minimum Gasteiger partial charge on any atom is -0.507 e. The second kappa shape index (κ2) is 8.43. The highest BCUT2D eigenvalue weighted by molar-refractivity contribution is 6.46. The fraction of sp³-hybridized carbons (Fsp3) is 0.192. The van der Waals surface area contributed by atoms with E-state index < -0.39 is 17.7 Å².